The molecule has 0 radical (unpaired) electrons. The molecule has 0 bridgehead atoms. The number of rotatable bonds is 6. The Morgan fingerprint density at radius 3 is 2.61 bits per heavy atom. The molecule has 1 N–H and O–H groups in total. The van der Waals surface area contributed by atoms with E-state index in [2.05, 4.69) is 10.3 Å². The summed E-state index contributed by atoms with van der Waals surface area (Å²) in [7, 11) is 0. The van der Waals surface area contributed by atoms with E-state index in [0.717, 1.165) is 62.8 Å². The number of nitrogens with zero attached hydrogens (tertiary/aromatic N) is 1. The van der Waals surface area contributed by atoms with Gasteiger partial charge in [0.15, 0.2) is 0 Å². The highest BCUT2D eigenvalue weighted by Crippen LogP contribution is 2.50. The largest absolute Gasteiger partial charge is 0.417 e. The Labute approximate surface area is 180 Å². The van der Waals surface area contributed by atoms with Gasteiger partial charge >= 0.3 is 6.18 Å². The predicted octanol–water partition coefficient (Wildman–Crippen LogP) is 5.78. The number of hydrogen-bond donors (Lipinski definition) is 1. The zero-order chi connectivity index (χ0) is 22.0. The third-order valence-electron chi connectivity index (χ3n) is 6.83. The topological polar surface area (TPSA) is 34.2 Å². The van der Waals surface area contributed by atoms with Crippen LogP contribution in [0.4, 0.5) is 17.6 Å². The Morgan fingerprint density at radius 1 is 1.06 bits per heavy atom. The van der Waals surface area contributed by atoms with Gasteiger partial charge in [-0.05, 0) is 68.0 Å². The lowest BCUT2D eigenvalue weighted by molar-refractivity contribution is -0.137. The molecule has 1 spiro atoms. The second-order valence-electron chi connectivity index (χ2n) is 8.96. The van der Waals surface area contributed by atoms with Crippen molar-refractivity contribution in [2.24, 2.45) is 0 Å². The maximum atomic E-state index is 14.1. The third-order valence-corrected chi connectivity index (χ3v) is 6.83. The smallest absolute Gasteiger partial charge is 0.375 e. The molecule has 31 heavy (non-hydrogen) atoms. The molecule has 0 unspecified atom stereocenters. The van der Waals surface area contributed by atoms with Crippen LogP contribution in [0.2, 0.25) is 0 Å². The van der Waals surface area contributed by atoms with Crippen LogP contribution in [0.5, 0.6) is 0 Å². The zero-order valence-corrected chi connectivity index (χ0v) is 17.5. The first-order valence-electron chi connectivity index (χ1n) is 10.9. The molecule has 1 aromatic carbocycles. The van der Waals surface area contributed by atoms with Gasteiger partial charge in [-0.2, -0.15) is 13.2 Å². The normalized spacial score (nSPS) is 23.4. The number of halogens is 4. The van der Waals surface area contributed by atoms with Gasteiger partial charge < -0.3 is 10.1 Å². The third kappa shape index (κ3) is 5.09. The van der Waals surface area contributed by atoms with Crippen LogP contribution in [0.1, 0.15) is 61.6 Å². The summed E-state index contributed by atoms with van der Waals surface area (Å²) in [6.45, 7) is 1.56. The Kier molecular flexibility index (Phi) is 6.35. The highest BCUT2D eigenvalue weighted by molar-refractivity contribution is 5.28. The van der Waals surface area contributed by atoms with E-state index in [-0.39, 0.29) is 16.8 Å². The average molecular weight is 436 g/mol. The maximum absolute atomic E-state index is 14.1. The monoisotopic (exact) mass is 436 g/mol. The minimum atomic E-state index is -4.40. The number of aromatic nitrogens is 1. The SMILES string of the molecule is Fc1cccc([C@@]2(CCNCc3cncc(C(F)(F)F)c3)CCOC3(CCCC3)C2)c1. The molecule has 1 saturated carbocycles. The first-order valence-corrected chi connectivity index (χ1v) is 10.9. The van der Waals surface area contributed by atoms with E-state index in [4.69, 9.17) is 4.74 Å². The molecule has 2 aromatic rings. The summed E-state index contributed by atoms with van der Waals surface area (Å²) < 4.78 is 59.0. The van der Waals surface area contributed by atoms with Crippen LogP contribution in [0.3, 0.4) is 0 Å². The number of alkyl halides is 3. The fourth-order valence-electron chi connectivity index (χ4n) is 5.28. The Hall–Kier alpha value is -1.99. The van der Waals surface area contributed by atoms with Crippen molar-refractivity contribution in [2.75, 3.05) is 13.2 Å². The molecule has 7 heteroatoms. The first kappa shape index (κ1) is 22.2. The van der Waals surface area contributed by atoms with Gasteiger partial charge in [0.1, 0.15) is 5.82 Å². The summed E-state index contributed by atoms with van der Waals surface area (Å²) >= 11 is 0. The maximum Gasteiger partial charge on any atom is 0.417 e. The van der Waals surface area contributed by atoms with Crippen molar-refractivity contribution in [3.8, 4) is 0 Å². The van der Waals surface area contributed by atoms with Crippen molar-refractivity contribution in [1.29, 1.82) is 0 Å². The van der Waals surface area contributed by atoms with Gasteiger partial charge in [0.2, 0.25) is 0 Å². The standard InChI is InChI=1S/C24H28F4N2O/c25-21-5-3-4-19(13-21)22(9-11-31-23(17-22)6-1-2-7-23)8-10-29-14-18-12-20(16-30-15-18)24(26,27)28/h3-5,12-13,15-16,29H,1-2,6-11,14,17H2/t22-/m0/s1. The molecular weight excluding hydrogens is 408 g/mol. The average Bonchev–Trinajstić information content (AvgIpc) is 3.18. The van der Waals surface area contributed by atoms with Crippen molar-refractivity contribution in [3.63, 3.8) is 0 Å². The molecule has 1 aliphatic heterocycles. The van der Waals surface area contributed by atoms with Gasteiger partial charge in [-0.25, -0.2) is 4.39 Å². The molecule has 4 rings (SSSR count). The van der Waals surface area contributed by atoms with E-state index in [1.807, 2.05) is 6.07 Å². The van der Waals surface area contributed by atoms with Gasteiger partial charge in [0.05, 0.1) is 11.2 Å². The second kappa shape index (κ2) is 8.87. The summed E-state index contributed by atoms with van der Waals surface area (Å²) in [5, 5.41) is 3.27. The zero-order valence-electron chi connectivity index (χ0n) is 17.5. The molecule has 0 amide bonds. The number of ether oxygens (including phenoxy) is 1. The second-order valence-corrected chi connectivity index (χ2v) is 8.96. The van der Waals surface area contributed by atoms with Crippen LogP contribution in [0, 0.1) is 5.82 Å². The van der Waals surface area contributed by atoms with E-state index < -0.39 is 11.7 Å². The summed E-state index contributed by atoms with van der Waals surface area (Å²) in [6.07, 6.45) is 4.70. The summed E-state index contributed by atoms with van der Waals surface area (Å²) in [5.41, 5.74) is 0.411. The van der Waals surface area contributed by atoms with Crippen LogP contribution in [-0.4, -0.2) is 23.7 Å². The molecule has 1 atom stereocenters. The van der Waals surface area contributed by atoms with Crippen molar-refractivity contribution in [1.82, 2.24) is 10.3 Å². The summed E-state index contributed by atoms with van der Waals surface area (Å²) in [4.78, 5) is 3.72. The molecule has 2 fully saturated rings. The predicted molar refractivity (Wildman–Crippen MR) is 110 cm³/mol. The fraction of sp³-hybridized carbons (Fsp3) is 0.542. The van der Waals surface area contributed by atoms with Gasteiger partial charge in [-0.3, -0.25) is 4.98 Å². The van der Waals surface area contributed by atoms with E-state index in [0.29, 0.717) is 25.3 Å². The molecule has 1 saturated heterocycles. The minimum absolute atomic E-state index is 0.129. The number of hydrogen-bond acceptors (Lipinski definition) is 3. The van der Waals surface area contributed by atoms with Crippen LogP contribution < -0.4 is 5.32 Å². The highest BCUT2D eigenvalue weighted by Gasteiger charge is 2.47. The lowest BCUT2D eigenvalue weighted by Crippen LogP contribution is -2.47. The van der Waals surface area contributed by atoms with Crippen LogP contribution in [0.15, 0.2) is 42.7 Å². The van der Waals surface area contributed by atoms with Gasteiger partial charge in [0, 0.05) is 31.0 Å². The number of benzene rings is 1. The highest BCUT2D eigenvalue weighted by atomic mass is 19.4. The minimum Gasteiger partial charge on any atom is -0.375 e. The van der Waals surface area contributed by atoms with E-state index in [9.17, 15) is 17.6 Å². The van der Waals surface area contributed by atoms with Gasteiger partial charge in [-0.1, -0.05) is 25.0 Å². The van der Waals surface area contributed by atoms with Crippen LogP contribution in [-0.2, 0) is 22.9 Å². The molecule has 168 valence electrons. The lowest BCUT2D eigenvalue weighted by atomic mass is 9.66. The molecule has 1 aromatic heterocycles. The Morgan fingerprint density at radius 2 is 1.87 bits per heavy atom. The van der Waals surface area contributed by atoms with E-state index in [1.54, 1.807) is 12.1 Å². The molecule has 2 heterocycles. The van der Waals surface area contributed by atoms with Gasteiger partial charge in [0.25, 0.3) is 0 Å². The van der Waals surface area contributed by atoms with Gasteiger partial charge in [-0.15, -0.1) is 0 Å². The first-order chi connectivity index (χ1) is 14.8. The quantitative estimate of drug-likeness (QED) is 0.460. The van der Waals surface area contributed by atoms with Crippen LogP contribution >= 0.6 is 0 Å². The van der Waals surface area contributed by atoms with Crippen molar-refractivity contribution in [2.45, 2.75) is 68.7 Å². The molecule has 2 aliphatic rings. The summed E-state index contributed by atoms with van der Waals surface area (Å²) in [5.74, 6) is -0.244. The summed E-state index contributed by atoms with van der Waals surface area (Å²) in [6, 6.07) is 7.97. The number of pyridine rings is 1. The van der Waals surface area contributed by atoms with Crippen molar-refractivity contribution in [3.05, 3.63) is 65.2 Å². The van der Waals surface area contributed by atoms with E-state index >= 15 is 0 Å². The molecule has 1 aliphatic carbocycles. The van der Waals surface area contributed by atoms with E-state index in [1.165, 1.54) is 12.3 Å². The van der Waals surface area contributed by atoms with Crippen LogP contribution in [0.25, 0.3) is 0 Å². The van der Waals surface area contributed by atoms with Crippen molar-refractivity contribution >= 4 is 0 Å². The molecular formula is C24H28F4N2O. The molecule has 3 nitrogen and oxygen atoms in total. The van der Waals surface area contributed by atoms with Crippen molar-refractivity contribution < 1.29 is 22.3 Å². The lowest BCUT2D eigenvalue weighted by Gasteiger charge is -2.47. The Balaban J connectivity index is 1.46. The fourth-order valence-corrected chi connectivity index (χ4v) is 5.28. The Bertz CT molecular complexity index is 895. The number of nitrogens with one attached hydrogen (secondary N) is 1.